The molecule has 5 nitrogen and oxygen atoms in total. The standard InChI is InChI=1S/C6H18N3OP.C3H3N/c1-7(2)11(10,8(3)4)9(5)6;1-2-3-4/h1-6H3;2H,1H2. The second-order valence-corrected chi connectivity index (χ2v) is 6.81. The third kappa shape index (κ3) is 5.10. The van der Waals surface area contributed by atoms with E-state index >= 15 is 0 Å². The molecule has 0 saturated carbocycles. The van der Waals surface area contributed by atoms with Gasteiger partial charge in [0.05, 0.1) is 6.07 Å². The lowest BCUT2D eigenvalue weighted by molar-refractivity contribution is 0.383. The Morgan fingerprint density at radius 3 is 1.27 bits per heavy atom. The maximum atomic E-state index is 12.1. The molecule has 0 aromatic heterocycles. The topological polar surface area (TPSA) is 50.6 Å². The number of hydrogen-bond acceptors (Lipinski definition) is 2. The molecule has 0 heterocycles. The predicted molar refractivity (Wildman–Crippen MR) is 64.5 cm³/mol. The van der Waals surface area contributed by atoms with E-state index in [2.05, 4.69) is 6.58 Å². The van der Waals surface area contributed by atoms with Gasteiger partial charge in [-0.3, -0.25) is 4.57 Å². The van der Waals surface area contributed by atoms with Gasteiger partial charge in [-0.1, -0.05) is 6.58 Å². The molecule has 0 rings (SSSR count). The van der Waals surface area contributed by atoms with Crippen LogP contribution in [0.15, 0.2) is 12.7 Å². The zero-order valence-electron chi connectivity index (χ0n) is 10.4. The first kappa shape index (κ1) is 16.8. The zero-order valence-corrected chi connectivity index (χ0v) is 11.3. The molecular weight excluding hydrogens is 211 g/mol. The van der Waals surface area contributed by atoms with E-state index in [4.69, 9.17) is 5.26 Å². The second-order valence-electron chi connectivity index (χ2n) is 3.39. The molecule has 0 unspecified atom stereocenters. The number of hydrogen-bond donors (Lipinski definition) is 0. The van der Waals surface area contributed by atoms with Crippen molar-refractivity contribution < 1.29 is 4.57 Å². The smallest absolute Gasteiger partial charge is 0.270 e. The van der Waals surface area contributed by atoms with Gasteiger partial charge in [0.2, 0.25) is 0 Å². The van der Waals surface area contributed by atoms with E-state index in [0.29, 0.717) is 0 Å². The molecule has 0 aromatic rings. The molecule has 6 heteroatoms. The van der Waals surface area contributed by atoms with Gasteiger partial charge in [-0.25, -0.2) is 14.0 Å². The molecule has 0 aliphatic rings. The van der Waals surface area contributed by atoms with Crippen LogP contribution >= 0.6 is 7.59 Å². The fraction of sp³-hybridized carbons (Fsp3) is 0.667. The van der Waals surface area contributed by atoms with Gasteiger partial charge in [-0.15, -0.1) is 0 Å². The van der Waals surface area contributed by atoms with Crippen LogP contribution in [0.25, 0.3) is 0 Å². The van der Waals surface area contributed by atoms with Crippen molar-refractivity contribution in [2.75, 3.05) is 42.3 Å². The van der Waals surface area contributed by atoms with E-state index in [1.807, 2.05) is 42.3 Å². The summed E-state index contributed by atoms with van der Waals surface area (Å²) in [6.07, 6.45) is 1.18. The Balaban J connectivity index is 0. The average molecular weight is 232 g/mol. The van der Waals surface area contributed by atoms with Crippen molar-refractivity contribution in [3.63, 3.8) is 0 Å². The minimum Gasteiger partial charge on any atom is -0.270 e. The predicted octanol–water partition coefficient (Wildman–Crippen LogP) is 1.48. The third-order valence-electron chi connectivity index (χ3n) is 1.65. The van der Waals surface area contributed by atoms with Crippen molar-refractivity contribution in [2.45, 2.75) is 0 Å². The molecule has 0 aliphatic carbocycles. The fourth-order valence-electron chi connectivity index (χ4n) is 1.07. The van der Waals surface area contributed by atoms with Gasteiger partial charge >= 0.3 is 0 Å². The highest BCUT2D eigenvalue weighted by atomic mass is 31.2. The second kappa shape index (κ2) is 7.61. The molecule has 0 saturated heterocycles. The Morgan fingerprint density at radius 2 is 1.27 bits per heavy atom. The van der Waals surface area contributed by atoms with Crippen LogP contribution in [0.5, 0.6) is 0 Å². The molecule has 0 bridgehead atoms. The number of allylic oxidation sites excluding steroid dienone is 1. The number of nitrogens with zero attached hydrogens (tertiary/aromatic N) is 4. The molecule has 0 aliphatic heterocycles. The highest BCUT2D eigenvalue weighted by molar-refractivity contribution is 7.56. The summed E-state index contributed by atoms with van der Waals surface area (Å²) in [6.45, 7) is 3.12. The highest BCUT2D eigenvalue weighted by Gasteiger charge is 2.30. The molecule has 0 N–H and O–H groups in total. The van der Waals surface area contributed by atoms with Crippen LogP contribution in [0.3, 0.4) is 0 Å². The Hall–Kier alpha value is -0.660. The van der Waals surface area contributed by atoms with Gasteiger partial charge in [0.25, 0.3) is 7.59 Å². The van der Waals surface area contributed by atoms with Crippen molar-refractivity contribution in [1.29, 1.82) is 5.26 Å². The highest BCUT2D eigenvalue weighted by Crippen LogP contribution is 2.50. The lowest BCUT2D eigenvalue weighted by atomic mass is 10.8. The summed E-state index contributed by atoms with van der Waals surface area (Å²) in [6, 6.07) is 1.69. The quantitative estimate of drug-likeness (QED) is 0.545. The van der Waals surface area contributed by atoms with E-state index in [-0.39, 0.29) is 0 Å². The monoisotopic (exact) mass is 232 g/mol. The molecule has 88 valence electrons. The molecule has 0 aromatic carbocycles. The van der Waals surface area contributed by atoms with E-state index in [1.165, 1.54) is 6.08 Å². The van der Waals surface area contributed by atoms with Gasteiger partial charge in [0.15, 0.2) is 0 Å². The summed E-state index contributed by atoms with van der Waals surface area (Å²) in [7, 11) is 8.49. The van der Waals surface area contributed by atoms with Crippen molar-refractivity contribution in [3.8, 4) is 6.07 Å². The molecule has 0 atom stereocenters. The molecule has 15 heavy (non-hydrogen) atoms. The summed E-state index contributed by atoms with van der Waals surface area (Å²) in [5.41, 5.74) is 0. The van der Waals surface area contributed by atoms with Crippen molar-refractivity contribution in [1.82, 2.24) is 14.0 Å². The summed E-state index contributed by atoms with van der Waals surface area (Å²) < 4.78 is 17.3. The Morgan fingerprint density at radius 1 is 1.07 bits per heavy atom. The molecule has 0 spiro atoms. The van der Waals surface area contributed by atoms with Gasteiger partial charge < -0.3 is 0 Å². The maximum absolute atomic E-state index is 12.1. The first-order valence-electron chi connectivity index (χ1n) is 4.39. The van der Waals surface area contributed by atoms with Crippen molar-refractivity contribution >= 4 is 7.59 Å². The zero-order chi connectivity index (χ0) is 12.6. The van der Waals surface area contributed by atoms with E-state index in [1.54, 1.807) is 20.1 Å². The van der Waals surface area contributed by atoms with Crippen LogP contribution in [0.1, 0.15) is 0 Å². The number of rotatable bonds is 3. The van der Waals surface area contributed by atoms with Crippen LogP contribution in [0.2, 0.25) is 0 Å². The Kier molecular flexibility index (Phi) is 8.50. The van der Waals surface area contributed by atoms with Crippen LogP contribution in [0, 0.1) is 11.3 Å². The summed E-state index contributed by atoms with van der Waals surface area (Å²) in [5.74, 6) is 0. The summed E-state index contributed by atoms with van der Waals surface area (Å²) >= 11 is 0. The van der Waals surface area contributed by atoms with Crippen LogP contribution < -0.4 is 0 Å². The fourth-order valence-corrected chi connectivity index (χ4v) is 3.22. The van der Waals surface area contributed by atoms with Crippen LogP contribution in [0.4, 0.5) is 0 Å². The number of nitriles is 1. The Labute approximate surface area is 93.1 Å². The largest absolute Gasteiger partial charge is 0.285 e. The van der Waals surface area contributed by atoms with Crippen LogP contribution in [-0.4, -0.2) is 56.3 Å². The van der Waals surface area contributed by atoms with Crippen molar-refractivity contribution in [2.24, 2.45) is 0 Å². The SMILES string of the molecule is C=CC#N.CN(C)P(=O)(N(C)C)N(C)C. The van der Waals surface area contributed by atoms with E-state index in [0.717, 1.165) is 0 Å². The summed E-state index contributed by atoms with van der Waals surface area (Å²) in [4.78, 5) is 0. The molecule has 0 radical (unpaired) electrons. The van der Waals surface area contributed by atoms with Gasteiger partial charge in [-0.2, -0.15) is 5.26 Å². The normalized spacial score (nSPS) is 10.9. The first-order valence-corrected chi connectivity index (χ1v) is 5.95. The third-order valence-corrected chi connectivity index (χ3v) is 4.78. The van der Waals surface area contributed by atoms with E-state index < -0.39 is 7.59 Å². The van der Waals surface area contributed by atoms with E-state index in [9.17, 15) is 4.57 Å². The molecule has 0 fully saturated rings. The van der Waals surface area contributed by atoms with Gasteiger partial charge in [-0.05, 0) is 42.3 Å². The van der Waals surface area contributed by atoms with Gasteiger partial charge in [0, 0.05) is 6.08 Å². The Bertz CT molecular complexity index is 239. The molecular formula is C9H21N4OP. The maximum Gasteiger partial charge on any atom is 0.285 e. The minimum absolute atomic E-state index is 1.18. The minimum atomic E-state index is -2.44. The van der Waals surface area contributed by atoms with Gasteiger partial charge in [0.1, 0.15) is 0 Å². The summed E-state index contributed by atoms with van der Waals surface area (Å²) in [5, 5.41) is 7.51. The average Bonchev–Trinajstić information content (AvgIpc) is 2.15. The van der Waals surface area contributed by atoms with Crippen LogP contribution in [-0.2, 0) is 4.57 Å². The van der Waals surface area contributed by atoms with Crippen molar-refractivity contribution in [3.05, 3.63) is 12.7 Å². The lowest BCUT2D eigenvalue weighted by Gasteiger charge is -2.34. The lowest BCUT2D eigenvalue weighted by Crippen LogP contribution is -2.30. The molecule has 0 amide bonds. The first-order chi connectivity index (χ1) is 6.74.